The van der Waals surface area contributed by atoms with Crippen LogP contribution < -0.4 is 0 Å². The van der Waals surface area contributed by atoms with Crippen molar-refractivity contribution in [2.24, 2.45) is 0 Å². The largest absolute Gasteiger partial charge is 0.208 e. The molecule has 230 valence electrons. The van der Waals surface area contributed by atoms with Crippen LogP contribution in [0.2, 0.25) is 0 Å². The van der Waals surface area contributed by atoms with Crippen molar-refractivity contribution in [2.45, 2.75) is 0 Å². The molecule has 0 amide bonds. The molecule has 0 radical (unpaired) electrons. The predicted molar refractivity (Wildman–Crippen MR) is 205 cm³/mol. The fourth-order valence-corrected chi connectivity index (χ4v) is 7.76. The lowest BCUT2D eigenvalue weighted by atomic mass is 9.93. The van der Waals surface area contributed by atoms with Crippen molar-refractivity contribution < 1.29 is 0 Å². The molecule has 9 aromatic rings. The Hall–Kier alpha value is -6.23. The lowest BCUT2D eigenvalue weighted by Gasteiger charge is -2.12. The maximum Gasteiger partial charge on any atom is 0.165 e. The zero-order valence-corrected chi connectivity index (χ0v) is 27.3. The zero-order chi connectivity index (χ0) is 32.6. The van der Waals surface area contributed by atoms with Gasteiger partial charge in [-0.15, -0.1) is 11.3 Å². The third-order valence-electron chi connectivity index (χ3n) is 8.97. The van der Waals surface area contributed by atoms with E-state index in [0.29, 0.717) is 17.5 Å². The first kappa shape index (κ1) is 29.0. The van der Waals surface area contributed by atoms with Crippen LogP contribution in [0.5, 0.6) is 0 Å². The molecule has 4 heteroatoms. The molecule has 49 heavy (non-hydrogen) atoms. The number of rotatable bonds is 6. The van der Waals surface area contributed by atoms with Crippen molar-refractivity contribution >= 4 is 31.5 Å². The molecule has 0 saturated carbocycles. The number of hydrogen-bond donors (Lipinski definition) is 0. The second-order valence-electron chi connectivity index (χ2n) is 12.0. The summed E-state index contributed by atoms with van der Waals surface area (Å²) < 4.78 is 2.44. The summed E-state index contributed by atoms with van der Waals surface area (Å²) in [5.41, 5.74) is 10.00. The second kappa shape index (κ2) is 12.4. The summed E-state index contributed by atoms with van der Waals surface area (Å²) in [6, 6.07) is 61.6. The van der Waals surface area contributed by atoms with Crippen molar-refractivity contribution in [3.05, 3.63) is 176 Å². The van der Waals surface area contributed by atoms with Gasteiger partial charge < -0.3 is 0 Å². The molecule has 0 saturated heterocycles. The minimum atomic E-state index is 0.650. The lowest BCUT2D eigenvalue weighted by Crippen LogP contribution is -2.00. The molecule has 7 aromatic carbocycles. The van der Waals surface area contributed by atoms with Crippen LogP contribution in [0.25, 0.3) is 87.7 Å². The van der Waals surface area contributed by atoms with Crippen LogP contribution >= 0.6 is 11.3 Å². The summed E-state index contributed by atoms with van der Waals surface area (Å²) in [5, 5.41) is 2.47. The van der Waals surface area contributed by atoms with Gasteiger partial charge in [0.05, 0.1) is 0 Å². The summed E-state index contributed by atoms with van der Waals surface area (Å²) in [6.07, 6.45) is 0. The van der Waals surface area contributed by atoms with Gasteiger partial charge in [-0.2, -0.15) is 0 Å². The zero-order valence-electron chi connectivity index (χ0n) is 26.5. The first-order valence-electron chi connectivity index (χ1n) is 16.4. The Bertz CT molecular complexity index is 2590. The highest BCUT2D eigenvalue weighted by Crippen LogP contribution is 2.40. The van der Waals surface area contributed by atoms with Gasteiger partial charge >= 0.3 is 0 Å². The van der Waals surface area contributed by atoms with Crippen molar-refractivity contribution in [2.75, 3.05) is 0 Å². The summed E-state index contributed by atoms with van der Waals surface area (Å²) in [7, 11) is 0. The van der Waals surface area contributed by atoms with Gasteiger partial charge in [0.2, 0.25) is 0 Å². The number of benzene rings is 7. The Morgan fingerprint density at radius 1 is 0.306 bits per heavy atom. The first-order valence-corrected chi connectivity index (χ1v) is 17.2. The van der Waals surface area contributed by atoms with Crippen LogP contribution in [0.15, 0.2) is 176 Å². The highest BCUT2D eigenvalue weighted by atomic mass is 32.1. The molecule has 0 atom stereocenters. The minimum Gasteiger partial charge on any atom is -0.208 e. The average molecular weight is 644 g/mol. The smallest absolute Gasteiger partial charge is 0.165 e. The maximum atomic E-state index is 5.13. The van der Waals surface area contributed by atoms with E-state index in [0.717, 1.165) is 27.8 Å². The number of nitrogens with zero attached hydrogens (tertiary/aromatic N) is 3. The topological polar surface area (TPSA) is 38.7 Å². The van der Waals surface area contributed by atoms with Gasteiger partial charge in [0, 0.05) is 36.9 Å². The highest BCUT2D eigenvalue weighted by Gasteiger charge is 2.17. The summed E-state index contributed by atoms with van der Waals surface area (Å²) in [6.45, 7) is 0. The maximum absolute atomic E-state index is 5.13. The van der Waals surface area contributed by atoms with Crippen molar-refractivity contribution in [3.63, 3.8) is 0 Å². The van der Waals surface area contributed by atoms with Gasteiger partial charge in [-0.1, -0.05) is 158 Å². The molecular weight excluding hydrogens is 615 g/mol. The molecule has 2 aromatic heterocycles. The van der Waals surface area contributed by atoms with Gasteiger partial charge in [0.15, 0.2) is 17.5 Å². The van der Waals surface area contributed by atoms with Crippen molar-refractivity contribution in [1.82, 2.24) is 15.0 Å². The molecule has 0 aliphatic heterocycles. The fraction of sp³-hybridized carbons (Fsp3) is 0. The normalized spacial score (nSPS) is 11.3. The summed E-state index contributed by atoms with van der Waals surface area (Å²) >= 11 is 1.78. The molecule has 0 fully saturated rings. The SMILES string of the molecule is c1ccc(-c2nc(-c3cccc(-c4ccc(-c5ccccc5-c5ccccc5)cc4)c3)nc(-c3cccc4c3sc3ccccc34)n2)cc1. The van der Waals surface area contributed by atoms with Gasteiger partial charge in [0.1, 0.15) is 0 Å². The third kappa shape index (κ3) is 5.48. The van der Waals surface area contributed by atoms with E-state index < -0.39 is 0 Å². The Morgan fingerprint density at radius 3 is 1.55 bits per heavy atom. The molecule has 9 rings (SSSR count). The van der Waals surface area contributed by atoms with E-state index in [9.17, 15) is 0 Å². The van der Waals surface area contributed by atoms with Crippen LogP contribution in [0.4, 0.5) is 0 Å². The Kier molecular flexibility index (Phi) is 7.34. The van der Waals surface area contributed by atoms with Crippen LogP contribution in [-0.4, -0.2) is 15.0 Å². The minimum absolute atomic E-state index is 0.650. The molecule has 0 N–H and O–H groups in total. The van der Waals surface area contributed by atoms with E-state index in [4.69, 9.17) is 15.0 Å². The monoisotopic (exact) mass is 643 g/mol. The van der Waals surface area contributed by atoms with Gasteiger partial charge in [-0.05, 0) is 51.6 Å². The molecule has 2 heterocycles. The quantitative estimate of drug-likeness (QED) is 0.181. The van der Waals surface area contributed by atoms with Crippen LogP contribution in [-0.2, 0) is 0 Å². The van der Waals surface area contributed by atoms with Crippen molar-refractivity contribution in [1.29, 1.82) is 0 Å². The van der Waals surface area contributed by atoms with Crippen LogP contribution in [0.3, 0.4) is 0 Å². The second-order valence-corrected chi connectivity index (χ2v) is 13.1. The molecule has 0 aliphatic rings. The first-order chi connectivity index (χ1) is 24.3. The van der Waals surface area contributed by atoms with E-state index in [-0.39, 0.29) is 0 Å². The number of thiophene rings is 1. The van der Waals surface area contributed by atoms with Crippen LogP contribution in [0.1, 0.15) is 0 Å². The lowest BCUT2D eigenvalue weighted by molar-refractivity contribution is 1.08. The van der Waals surface area contributed by atoms with Gasteiger partial charge in [0.25, 0.3) is 0 Å². The van der Waals surface area contributed by atoms with E-state index in [1.54, 1.807) is 11.3 Å². The number of hydrogen-bond acceptors (Lipinski definition) is 4. The van der Waals surface area contributed by atoms with E-state index in [1.165, 1.54) is 42.4 Å². The Balaban J connectivity index is 1.13. The third-order valence-corrected chi connectivity index (χ3v) is 10.2. The molecular formula is C45H29N3S. The van der Waals surface area contributed by atoms with E-state index >= 15 is 0 Å². The van der Waals surface area contributed by atoms with E-state index in [1.807, 2.05) is 18.2 Å². The average Bonchev–Trinajstić information content (AvgIpc) is 3.58. The predicted octanol–water partition coefficient (Wildman–Crippen LogP) is 12.2. The molecule has 0 aliphatic carbocycles. The Morgan fingerprint density at radius 2 is 0.796 bits per heavy atom. The molecule has 3 nitrogen and oxygen atoms in total. The fourth-order valence-electron chi connectivity index (χ4n) is 6.55. The van der Waals surface area contributed by atoms with Gasteiger partial charge in [-0.25, -0.2) is 15.0 Å². The standard InChI is InChI=1S/C45H29N3S/c1-3-13-31(14-4-1)36-19-7-8-20-37(36)32-27-25-30(26-28-32)34-17-11-18-35(29-34)44-46-43(33-15-5-2-6-16-33)47-45(48-44)40-23-12-22-39-38-21-9-10-24-41(38)49-42(39)40/h1-29H. The summed E-state index contributed by atoms with van der Waals surface area (Å²) in [5.74, 6) is 1.98. The molecule has 0 spiro atoms. The summed E-state index contributed by atoms with van der Waals surface area (Å²) in [4.78, 5) is 15.2. The highest BCUT2D eigenvalue weighted by molar-refractivity contribution is 7.26. The molecule has 0 unspecified atom stereocenters. The number of fused-ring (bicyclic) bond motifs is 3. The Labute approximate surface area is 288 Å². The van der Waals surface area contributed by atoms with E-state index in [2.05, 4.69) is 158 Å². The molecule has 0 bridgehead atoms. The van der Waals surface area contributed by atoms with Gasteiger partial charge in [-0.3, -0.25) is 0 Å². The van der Waals surface area contributed by atoms with Crippen molar-refractivity contribution in [3.8, 4) is 67.5 Å². The number of aromatic nitrogens is 3. The van der Waals surface area contributed by atoms with Crippen LogP contribution in [0, 0.1) is 0 Å².